The van der Waals surface area contributed by atoms with E-state index in [1.807, 2.05) is 0 Å². The highest BCUT2D eigenvalue weighted by Gasteiger charge is 2.26. The lowest BCUT2D eigenvalue weighted by Gasteiger charge is -2.30. The Morgan fingerprint density at radius 3 is 2.50 bits per heavy atom. The first kappa shape index (κ1) is 9.54. The Hall–Kier alpha value is -0.550. The third-order valence-electron chi connectivity index (χ3n) is 2.51. The van der Waals surface area contributed by atoms with E-state index in [9.17, 15) is 0 Å². The normalized spacial score (nSPS) is 20.2. The van der Waals surface area contributed by atoms with Gasteiger partial charge < -0.3 is 5.32 Å². The van der Waals surface area contributed by atoms with Crippen molar-refractivity contribution in [3.05, 3.63) is 0 Å². The van der Waals surface area contributed by atoms with Crippen LogP contribution < -0.4 is 5.32 Å². The molecule has 2 heteroatoms. The third-order valence-corrected chi connectivity index (χ3v) is 2.51. The molecule has 0 aromatic carbocycles. The van der Waals surface area contributed by atoms with Gasteiger partial charge in [0.05, 0.1) is 12.1 Å². The largest absolute Gasteiger partial charge is 0.301 e. The van der Waals surface area contributed by atoms with Crippen molar-refractivity contribution in [1.82, 2.24) is 5.32 Å². The molecule has 12 heavy (non-hydrogen) atoms. The number of hydrogen-bond acceptors (Lipinski definition) is 2. The van der Waals surface area contributed by atoms with Crippen molar-refractivity contribution in [3.8, 4) is 6.07 Å². The van der Waals surface area contributed by atoms with Gasteiger partial charge in [0, 0.05) is 0 Å². The summed E-state index contributed by atoms with van der Waals surface area (Å²) in [4.78, 5) is 0. The van der Waals surface area contributed by atoms with E-state index in [4.69, 9.17) is 5.26 Å². The lowest BCUT2D eigenvalue weighted by molar-refractivity contribution is 0.259. The lowest BCUT2D eigenvalue weighted by Crippen LogP contribution is -2.40. The minimum atomic E-state index is 0.112. The smallest absolute Gasteiger partial charge is 0.0981 e. The molecule has 0 aromatic heterocycles. The SMILES string of the molecule is CC(C)CNC(C#N)C1CCC1. The van der Waals surface area contributed by atoms with Crippen molar-refractivity contribution in [3.63, 3.8) is 0 Å². The van der Waals surface area contributed by atoms with Gasteiger partial charge in [-0.2, -0.15) is 5.26 Å². The Morgan fingerprint density at radius 2 is 2.17 bits per heavy atom. The standard InChI is InChI=1S/C10H18N2/c1-8(2)7-12-10(6-11)9-4-3-5-9/h8-10,12H,3-5,7H2,1-2H3. The maximum absolute atomic E-state index is 8.86. The summed E-state index contributed by atoms with van der Waals surface area (Å²) in [5.74, 6) is 1.27. The second kappa shape index (κ2) is 4.47. The molecule has 1 saturated carbocycles. The zero-order valence-electron chi connectivity index (χ0n) is 8.01. The van der Waals surface area contributed by atoms with Gasteiger partial charge in [-0.1, -0.05) is 20.3 Å². The van der Waals surface area contributed by atoms with Crippen molar-refractivity contribution in [1.29, 1.82) is 5.26 Å². The van der Waals surface area contributed by atoms with Crippen LogP contribution in [0.1, 0.15) is 33.1 Å². The van der Waals surface area contributed by atoms with E-state index in [2.05, 4.69) is 25.2 Å². The van der Waals surface area contributed by atoms with Crippen molar-refractivity contribution in [2.24, 2.45) is 11.8 Å². The first-order valence-corrected chi connectivity index (χ1v) is 4.87. The number of nitriles is 1. The lowest BCUT2D eigenvalue weighted by atomic mass is 9.80. The molecular weight excluding hydrogens is 148 g/mol. The zero-order valence-corrected chi connectivity index (χ0v) is 8.01. The van der Waals surface area contributed by atoms with Gasteiger partial charge in [-0.25, -0.2) is 0 Å². The van der Waals surface area contributed by atoms with Crippen LogP contribution in [0, 0.1) is 23.2 Å². The van der Waals surface area contributed by atoms with Crippen LogP contribution in [0.2, 0.25) is 0 Å². The van der Waals surface area contributed by atoms with Crippen LogP contribution in [0.4, 0.5) is 0 Å². The van der Waals surface area contributed by atoms with Gasteiger partial charge in [0.25, 0.3) is 0 Å². The molecule has 0 aromatic rings. The fourth-order valence-electron chi connectivity index (χ4n) is 1.45. The molecular formula is C10H18N2. The number of nitrogens with zero attached hydrogens (tertiary/aromatic N) is 1. The average molecular weight is 166 g/mol. The molecule has 1 N–H and O–H groups in total. The van der Waals surface area contributed by atoms with Crippen LogP contribution in [-0.2, 0) is 0 Å². The summed E-state index contributed by atoms with van der Waals surface area (Å²) in [6.45, 7) is 5.30. The van der Waals surface area contributed by atoms with Gasteiger partial charge in [0.15, 0.2) is 0 Å². The van der Waals surface area contributed by atoms with Crippen molar-refractivity contribution >= 4 is 0 Å². The van der Waals surface area contributed by atoms with Gasteiger partial charge >= 0.3 is 0 Å². The maximum Gasteiger partial charge on any atom is 0.0981 e. The van der Waals surface area contributed by atoms with E-state index < -0.39 is 0 Å². The van der Waals surface area contributed by atoms with Gasteiger partial charge in [-0.15, -0.1) is 0 Å². The van der Waals surface area contributed by atoms with E-state index in [1.54, 1.807) is 0 Å². The highest BCUT2D eigenvalue weighted by Crippen LogP contribution is 2.29. The first-order valence-electron chi connectivity index (χ1n) is 4.87. The molecule has 1 aliphatic carbocycles. The zero-order chi connectivity index (χ0) is 8.97. The van der Waals surface area contributed by atoms with Crippen LogP contribution in [0.25, 0.3) is 0 Å². The first-order chi connectivity index (χ1) is 5.74. The Bertz CT molecular complexity index is 165. The molecule has 0 radical (unpaired) electrons. The van der Waals surface area contributed by atoms with Crippen LogP contribution in [0.5, 0.6) is 0 Å². The summed E-state index contributed by atoms with van der Waals surface area (Å²) >= 11 is 0. The fourth-order valence-corrected chi connectivity index (χ4v) is 1.45. The Balaban J connectivity index is 2.21. The molecule has 1 unspecified atom stereocenters. The summed E-state index contributed by atoms with van der Waals surface area (Å²) < 4.78 is 0. The van der Waals surface area contributed by atoms with Crippen LogP contribution in [0.15, 0.2) is 0 Å². The number of hydrogen-bond donors (Lipinski definition) is 1. The molecule has 2 nitrogen and oxygen atoms in total. The monoisotopic (exact) mass is 166 g/mol. The van der Waals surface area contributed by atoms with E-state index in [1.165, 1.54) is 19.3 Å². The van der Waals surface area contributed by atoms with Gasteiger partial charge in [-0.05, 0) is 31.2 Å². The predicted octanol–water partition coefficient (Wildman–Crippen LogP) is 1.92. The average Bonchev–Trinajstić information content (AvgIpc) is 1.93. The molecule has 1 rings (SSSR count). The maximum atomic E-state index is 8.86. The highest BCUT2D eigenvalue weighted by molar-refractivity contribution is 4.97. The summed E-state index contributed by atoms with van der Waals surface area (Å²) in [5.41, 5.74) is 0. The van der Waals surface area contributed by atoms with Gasteiger partial charge in [0.2, 0.25) is 0 Å². The third kappa shape index (κ3) is 2.49. The minimum absolute atomic E-state index is 0.112. The summed E-state index contributed by atoms with van der Waals surface area (Å²) in [5, 5.41) is 12.2. The Morgan fingerprint density at radius 1 is 1.50 bits per heavy atom. The molecule has 0 aliphatic heterocycles. The second-order valence-corrected chi connectivity index (χ2v) is 4.10. The molecule has 68 valence electrons. The second-order valence-electron chi connectivity index (χ2n) is 4.10. The molecule has 0 saturated heterocycles. The van der Waals surface area contributed by atoms with Crippen LogP contribution in [-0.4, -0.2) is 12.6 Å². The van der Waals surface area contributed by atoms with Gasteiger partial charge in [0.1, 0.15) is 0 Å². The van der Waals surface area contributed by atoms with Crippen molar-refractivity contribution < 1.29 is 0 Å². The number of nitrogens with one attached hydrogen (secondary N) is 1. The van der Waals surface area contributed by atoms with E-state index in [0.29, 0.717) is 11.8 Å². The van der Waals surface area contributed by atoms with E-state index >= 15 is 0 Å². The van der Waals surface area contributed by atoms with Gasteiger partial charge in [-0.3, -0.25) is 0 Å². The molecule has 0 heterocycles. The molecule has 0 bridgehead atoms. The molecule has 1 aliphatic rings. The number of rotatable bonds is 4. The van der Waals surface area contributed by atoms with E-state index in [-0.39, 0.29) is 6.04 Å². The summed E-state index contributed by atoms with van der Waals surface area (Å²) in [6, 6.07) is 2.46. The summed E-state index contributed by atoms with van der Waals surface area (Å²) in [6.07, 6.45) is 3.79. The molecule has 1 atom stereocenters. The minimum Gasteiger partial charge on any atom is -0.301 e. The quantitative estimate of drug-likeness (QED) is 0.692. The van der Waals surface area contributed by atoms with Crippen molar-refractivity contribution in [2.45, 2.75) is 39.2 Å². The van der Waals surface area contributed by atoms with Crippen LogP contribution >= 0.6 is 0 Å². The summed E-state index contributed by atoms with van der Waals surface area (Å²) in [7, 11) is 0. The molecule has 0 amide bonds. The molecule has 0 spiro atoms. The van der Waals surface area contributed by atoms with E-state index in [0.717, 1.165) is 6.54 Å². The van der Waals surface area contributed by atoms with Crippen LogP contribution in [0.3, 0.4) is 0 Å². The molecule has 1 fully saturated rings. The fraction of sp³-hybridized carbons (Fsp3) is 0.900. The highest BCUT2D eigenvalue weighted by atomic mass is 14.9. The van der Waals surface area contributed by atoms with Crippen molar-refractivity contribution in [2.75, 3.05) is 6.54 Å². The Kier molecular flexibility index (Phi) is 3.55. The Labute approximate surface area is 75.0 Å². The topological polar surface area (TPSA) is 35.8 Å². The predicted molar refractivity (Wildman–Crippen MR) is 49.6 cm³/mol.